The molecule has 2 N–H and O–H groups in total. The predicted octanol–water partition coefficient (Wildman–Crippen LogP) is 0.507. The lowest BCUT2D eigenvalue weighted by Crippen LogP contribution is -2.58. The van der Waals surface area contributed by atoms with Crippen molar-refractivity contribution in [2.45, 2.75) is 75.5 Å². The first-order valence-corrected chi connectivity index (χ1v) is 12.7. The number of rotatable bonds is 17. The molecule has 0 radical (unpaired) electrons. The van der Waals surface area contributed by atoms with Gasteiger partial charge in [-0.05, 0) is 39.8 Å². The van der Waals surface area contributed by atoms with Crippen LogP contribution >= 0.6 is 0 Å². The van der Waals surface area contributed by atoms with Crippen LogP contribution < -0.4 is 0 Å². The Morgan fingerprint density at radius 3 is 1.67 bits per heavy atom. The smallest absolute Gasteiger partial charge is 0.317 e. The molecule has 0 aromatic carbocycles. The van der Waals surface area contributed by atoms with E-state index in [0.29, 0.717) is 26.0 Å². The zero-order chi connectivity index (χ0) is 26.5. The van der Waals surface area contributed by atoms with Gasteiger partial charge in [0, 0.05) is 37.3 Å². The fourth-order valence-electron chi connectivity index (χ4n) is 5.88. The fourth-order valence-corrected chi connectivity index (χ4v) is 5.88. The van der Waals surface area contributed by atoms with Gasteiger partial charge in [0.05, 0.1) is 13.1 Å². The molecular weight excluding hydrogens is 472 g/mol. The van der Waals surface area contributed by atoms with E-state index in [0.717, 1.165) is 51.4 Å². The summed E-state index contributed by atoms with van der Waals surface area (Å²) in [5.41, 5.74) is 0. The molecule has 0 unspecified atom stereocenters. The molecule has 0 aromatic heterocycles. The molecule has 2 aliphatic carbocycles. The van der Waals surface area contributed by atoms with Crippen LogP contribution in [0.3, 0.4) is 0 Å². The van der Waals surface area contributed by atoms with Crippen LogP contribution in [0.1, 0.15) is 51.4 Å². The molecule has 2 aliphatic rings. The summed E-state index contributed by atoms with van der Waals surface area (Å²) in [6, 6.07) is -0.00439. The van der Waals surface area contributed by atoms with Crippen molar-refractivity contribution >= 4 is 24.9 Å². The summed E-state index contributed by atoms with van der Waals surface area (Å²) in [6.07, 6.45) is 7.39. The lowest BCUT2D eigenvalue weighted by atomic mass is 9.87. The predicted molar refractivity (Wildman–Crippen MR) is 130 cm³/mol. The highest BCUT2D eigenvalue weighted by Crippen LogP contribution is 2.29. The quantitative estimate of drug-likeness (QED) is 0.206. The van der Waals surface area contributed by atoms with Crippen LogP contribution in [0.5, 0.6) is 0 Å². The Bertz CT molecular complexity index is 712. The van der Waals surface area contributed by atoms with E-state index in [2.05, 4.69) is 4.90 Å². The Kier molecular flexibility index (Phi) is 13.1. The van der Waals surface area contributed by atoms with Crippen LogP contribution in [0.4, 0.5) is 0 Å². The first kappa shape index (κ1) is 29.9. The molecule has 2 rings (SSSR count). The van der Waals surface area contributed by atoms with E-state index in [4.69, 9.17) is 9.47 Å². The molecule has 0 amide bonds. The van der Waals surface area contributed by atoms with E-state index in [1.165, 1.54) is 0 Å². The van der Waals surface area contributed by atoms with Gasteiger partial charge in [0.1, 0.15) is 13.5 Å². The summed E-state index contributed by atoms with van der Waals surface area (Å²) in [6.45, 7) is 1.76. The summed E-state index contributed by atoms with van der Waals surface area (Å²) in [4.78, 5) is 52.6. The Hall–Kier alpha value is -2.28. The standard InChI is InChI=1S/C24H42N4O8/c1-25(13-23(31)32)19-7-3-5-9-21(19)27(14-24(33)34)11-12-28(16-36-18-30)22-10-6-4-8-20(22)26(2)15-35-17-29/h17-22H,3-16H2,1-2H3,(H,31,32)(H,33,34)/t19-,20+,21-,22+/m0/s1. The monoisotopic (exact) mass is 514 g/mol. The summed E-state index contributed by atoms with van der Waals surface area (Å²) < 4.78 is 10.1. The third-order valence-corrected chi connectivity index (χ3v) is 7.51. The second kappa shape index (κ2) is 15.7. The highest BCUT2D eigenvalue weighted by molar-refractivity contribution is 5.69. The number of nitrogens with zero attached hydrogens (tertiary/aromatic N) is 4. The van der Waals surface area contributed by atoms with Crippen molar-refractivity contribution < 1.29 is 38.9 Å². The van der Waals surface area contributed by atoms with E-state index >= 15 is 0 Å². The summed E-state index contributed by atoms with van der Waals surface area (Å²) in [5.74, 6) is -1.84. The molecule has 206 valence electrons. The topological polar surface area (TPSA) is 140 Å². The lowest BCUT2D eigenvalue weighted by molar-refractivity contribution is -0.143. The van der Waals surface area contributed by atoms with Gasteiger partial charge in [-0.3, -0.25) is 38.8 Å². The Morgan fingerprint density at radius 1 is 0.694 bits per heavy atom. The zero-order valence-electron chi connectivity index (χ0n) is 21.5. The summed E-state index contributed by atoms with van der Waals surface area (Å²) in [5, 5.41) is 18.9. The van der Waals surface area contributed by atoms with Gasteiger partial charge in [-0.2, -0.15) is 0 Å². The maximum atomic E-state index is 11.8. The Balaban J connectivity index is 2.19. The van der Waals surface area contributed by atoms with Crippen molar-refractivity contribution in [2.75, 3.05) is 53.7 Å². The minimum Gasteiger partial charge on any atom is -0.480 e. The normalized spacial score (nSPS) is 24.7. The molecule has 12 heteroatoms. The fraction of sp³-hybridized carbons (Fsp3) is 0.833. The minimum absolute atomic E-state index is 0.0440. The highest BCUT2D eigenvalue weighted by Gasteiger charge is 2.36. The maximum absolute atomic E-state index is 11.8. The van der Waals surface area contributed by atoms with Crippen LogP contribution in [0.2, 0.25) is 0 Å². The molecular formula is C24H42N4O8. The van der Waals surface area contributed by atoms with E-state index in [1.807, 2.05) is 21.7 Å². The van der Waals surface area contributed by atoms with Crippen LogP contribution in [-0.4, -0.2) is 133 Å². The van der Waals surface area contributed by atoms with Gasteiger partial charge in [-0.1, -0.05) is 25.7 Å². The largest absolute Gasteiger partial charge is 0.480 e. The third kappa shape index (κ3) is 9.30. The lowest BCUT2D eigenvalue weighted by Gasteiger charge is -2.45. The molecule has 2 saturated carbocycles. The van der Waals surface area contributed by atoms with Crippen molar-refractivity contribution in [1.29, 1.82) is 0 Å². The highest BCUT2D eigenvalue weighted by atomic mass is 16.5. The maximum Gasteiger partial charge on any atom is 0.317 e. The average Bonchev–Trinajstić information content (AvgIpc) is 2.86. The second-order valence-corrected chi connectivity index (χ2v) is 9.86. The number of carbonyl (C=O) groups excluding carboxylic acids is 2. The van der Waals surface area contributed by atoms with Crippen LogP contribution in [-0.2, 0) is 28.7 Å². The van der Waals surface area contributed by atoms with E-state index in [9.17, 15) is 29.4 Å². The van der Waals surface area contributed by atoms with Gasteiger partial charge >= 0.3 is 11.9 Å². The minimum atomic E-state index is -0.933. The van der Waals surface area contributed by atoms with Gasteiger partial charge < -0.3 is 19.7 Å². The number of carboxylic acids is 2. The Morgan fingerprint density at radius 2 is 1.14 bits per heavy atom. The van der Waals surface area contributed by atoms with Gasteiger partial charge in [0.25, 0.3) is 12.9 Å². The van der Waals surface area contributed by atoms with Gasteiger partial charge in [-0.15, -0.1) is 0 Å². The van der Waals surface area contributed by atoms with Crippen molar-refractivity contribution in [3.63, 3.8) is 0 Å². The summed E-state index contributed by atoms with van der Waals surface area (Å²) in [7, 11) is 3.68. The van der Waals surface area contributed by atoms with Crippen LogP contribution in [0.15, 0.2) is 0 Å². The molecule has 0 saturated heterocycles. The van der Waals surface area contributed by atoms with Gasteiger partial charge in [-0.25, -0.2) is 0 Å². The first-order chi connectivity index (χ1) is 17.3. The van der Waals surface area contributed by atoms with E-state index in [-0.39, 0.29) is 50.7 Å². The van der Waals surface area contributed by atoms with E-state index < -0.39 is 11.9 Å². The van der Waals surface area contributed by atoms with Crippen molar-refractivity contribution in [2.24, 2.45) is 0 Å². The van der Waals surface area contributed by atoms with Crippen molar-refractivity contribution in [1.82, 2.24) is 19.6 Å². The summed E-state index contributed by atoms with van der Waals surface area (Å²) >= 11 is 0. The molecule has 0 bridgehead atoms. The number of aliphatic carboxylic acids is 2. The number of likely N-dealkylation sites (N-methyl/N-ethyl adjacent to an activating group) is 2. The SMILES string of the molecule is CN(COC=O)[C@@H]1CCCC[C@H]1N(CCN(CC(=O)O)[C@H]1CCCC[C@@H]1N(C)CC(=O)O)COC=O. The molecule has 0 aromatic rings. The molecule has 0 aliphatic heterocycles. The van der Waals surface area contributed by atoms with Crippen LogP contribution in [0, 0.1) is 0 Å². The molecule has 36 heavy (non-hydrogen) atoms. The van der Waals surface area contributed by atoms with Gasteiger partial charge in [0.2, 0.25) is 0 Å². The first-order valence-electron chi connectivity index (χ1n) is 12.7. The number of hydrogen-bond donors (Lipinski definition) is 2. The molecule has 12 nitrogen and oxygen atoms in total. The number of ether oxygens (including phenoxy) is 2. The number of carbonyl (C=O) groups is 4. The molecule has 4 atom stereocenters. The Labute approximate surface area is 213 Å². The van der Waals surface area contributed by atoms with Crippen molar-refractivity contribution in [3.05, 3.63) is 0 Å². The molecule has 2 fully saturated rings. The number of carboxylic acid groups (broad SMARTS) is 2. The second-order valence-electron chi connectivity index (χ2n) is 9.86. The van der Waals surface area contributed by atoms with Gasteiger partial charge in [0.15, 0.2) is 0 Å². The zero-order valence-corrected chi connectivity index (χ0v) is 21.5. The number of hydrogen-bond acceptors (Lipinski definition) is 10. The molecule has 0 spiro atoms. The van der Waals surface area contributed by atoms with Crippen LogP contribution in [0.25, 0.3) is 0 Å². The van der Waals surface area contributed by atoms with Crippen molar-refractivity contribution in [3.8, 4) is 0 Å². The van der Waals surface area contributed by atoms with E-state index in [1.54, 1.807) is 7.05 Å². The third-order valence-electron chi connectivity index (χ3n) is 7.51. The average molecular weight is 515 g/mol. The molecule has 0 heterocycles.